The number of allylic oxidation sites excluding steroid dienone is 1. The number of nitriles is 1. The number of hydrogen-bond donors (Lipinski definition) is 0. The second-order valence-corrected chi connectivity index (χ2v) is 12.1. The van der Waals surface area contributed by atoms with Gasteiger partial charge in [-0.15, -0.1) is 0 Å². The molecule has 0 spiro atoms. The predicted octanol–water partition coefficient (Wildman–Crippen LogP) is 5.52. The molecule has 0 radical (unpaired) electrons. The standard InChI is InChI=1S/C32H25ClIN3O5S/c1-4-41-31(39)27-18(2)36-32-37(28(27)23-7-5-6-8-24(23)33)30(38)26(43-32)14-21-13-22(34)15-25(40-3)29(21)42-17-20-11-9-19(16-35)10-12-20/h5-15,28H,4,17H2,1-3H3/b26-14-/t28-/m1/s1. The number of thiazole rings is 1. The van der Waals surface area contributed by atoms with E-state index in [0.717, 1.165) is 9.13 Å². The van der Waals surface area contributed by atoms with Crippen LogP contribution in [0.25, 0.3) is 6.08 Å². The SMILES string of the molecule is CCOC(=O)C1=C(C)N=c2s/c(=C\c3cc(I)cc(OC)c3OCc3ccc(C#N)cc3)c(=O)n2[C@@H]1c1ccccc1Cl. The Morgan fingerprint density at radius 2 is 1.95 bits per heavy atom. The first-order valence-electron chi connectivity index (χ1n) is 13.2. The molecule has 0 fully saturated rings. The number of hydrogen-bond acceptors (Lipinski definition) is 8. The Bertz CT molecular complexity index is 1980. The predicted molar refractivity (Wildman–Crippen MR) is 173 cm³/mol. The van der Waals surface area contributed by atoms with Crippen LogP contribution in [-0.4, -0.2) is 24.3 Å². The van der Waals surface area contributed by atoms with E-state index in [2.05, 4.69) is 33.7 Å². The molecule has 218 valence electrons. The Hall–Kier alpha value is -3.92. The highest BCUT2D eigenvalue weighted by atomic mass is 127. The summed E-state index contributed by atoms with van der Waals surface area (Å²) >= 11 is 10.0. The molecule has 0 N–H and O–H groups in total. The van der Waals surface area contributed by atoms with Crippen LogP contribution in [0.3, 0.4) is 0 Å². The molecule has 0 aliphatic carbocycles. The number of carbonyl (C=O) groups is 1. The van der Waals surface area contributed by atoms with Gasteiger partial charge in [-0.2, -0.15) is 5.26 Å². The van der Waals surface area contributed by atoms with Gasteiger partial charge in [0.05, 0.1) is 41.2 Å². The van der Waals surface area contributed by atoms with Crippen LogP contribution in [0.5, 0.6) is 11.5 Å². The molecule has 0 saturated heterocycles. The minimum absolute atomic E-state index is 0.176. The number of methoxy groups -OCH3 is 1. The summed E-state index contributed by atoms with van der Waals surface area (Å²) in [6, 6.07) is 19.3. The summed E-state index contributed by atoms with van der Waals surface area (Å²) in [5, 5.41) is 9.51. The molecule has 0 amide bonds. The number of ether oxygens (including phenoxy) is 3. The molecule has 43 heavy (non-hydrogen) atoms. The van der Waals surface area contributed by atoms with E-state index in [9.17, 15) is 9.59 Å². The monoisotopic (exact) mass is 725 g/mol. The van der Waals surface area contributed by atoms with Gasteiger partial charge >= 0.3 is 5.97 Å². The van der Waals surface area contributed by atoms with Gasteiger partial charge in [0.2, 0.25) is 0 Å². The molecule has 8 nitrogen and oxygen atoms in total. The van der Waals surface area contributed by atoms with Crippen molar-refractivity contribution in [2.45, 2.75) is 26.5 Å². The van der Waals surface area contributed by atoms with Crippen LogP contribution in [-0.2, 0) is 16.1 Å². The Labute approximate surface area is 270 Å². The van der Waals surface area contributed by atoms with Crippen molar-refractivity contribution < 1.29 is 19.0 Å². The smallest absolute Gasteiger partial charge is 0.338 e. The van der Waals surface area contributed by atoms with E-state index in [-0.39, 0.29) is 24.3 Å². The highest BCUT2D eigenvalue weighted by molar-refractivity contribution is 14.1. The lowest BCUT2D eigenvalue weighted by molar-refractivity contribution is -0.139. The normalized spacial score (nSPS) is 14.5. The van der Waals surface area contributed by atoms with Crippen molar-refractivity contribution in [1.82, 2.24) is 4.57 Å². The minimum atomic E-state index is -0.816. The van der Waals surface area contributed by atoms with Crippen LogP contribution in [0.15, 0.2) is 81.7 Å². The maximum Gasteiger partial charge on any atom is 0.338 e. The average molecular weight is 726 g/mol. The van der Waals surface area contributed by atoms with Crippen molar-refractivity contribution in [1.29, 1.82) is 5.26 Å². The van der Waals surface area contributed by atoms with Gasteiger partial charge in [-0.25, -0.2) is 9.79 Å². The van der Waals surface area contributed by atoms with Gasteiger partial charge in [0.1, 0.15) is 12.6 Å². The topological polar surface area (TPSA) is 103 Å². The van der Waals surface area contributed by atoms with Crippen molar-refractivity contribution in [2.75, 3.05) is 13.7 Å². The van der Waals surface area contributed by atoms with Crippen molar-refractivity contribution >= 4 is 57.6 Å². The van der Waals surface area contributed by atoms with Gasteiger partial charge in [0.25, 0.3) is 5.56 Å². The molecular formula is C32H25ClIN3O5S. The number of nitrogens with zero attached hydrogens (tertiary/aromatic N) is 3. The van der Waals surface area contributed by atoms with E-state index >= 15 is 0 Å². The molecule has 0 bridgehead atoms. The van der Waals surface area contributed by atoms with Crippen LogP contribution in [0.2, 0.25) is 5.02 Å². The molecule has 4 aromatic rings. The molecule has 1 aliphatic rings. The largest absolute Gasteiger partial charge is 0.493 e. The van der Waals surface area contributed by atoms with E-state index in [1.54, 1.807) is 57.4 Å². The summed E-state index contributed by atoms with van der Waals surface area (Å²) in [5.41, 5.74) is 3.04. The number of carbonyl (C=O) groups excluding carboxylic acids is 1. The molecule has 3 aromatic carbocycles. The van der Waals surface area contributed by atoms with Crippen molar-refractivity contribution in [3.05, 3.63) is 122 Å². The summed E-state index contributed by atoms with van der Waals surface area (Å²) in [6.45, 7) is 3.85. The third-order valence-electron chi connectivity index (χ3n) is 6.74. The van der Waals surface area contributed by atoms with E-state index in [1.807, 2.05) is 30.3 Å². The van der Waals surface area contributed by atoms with Gasteiger partial charge in [-0.1, -0.05) is 53.3 Å². The molecule has 2 heterocycles. The number of aromatic nitrogens is 1. The summed E-state index contributed by atoms with van der Waals surface area (Å²) in [7, 11) is 1.56. The lowest BCUT2D eigenvalue weighted by Gasteiger charge is -2.25. The van der Waals surface area contributed by atoms with E-state index in [4.69, 9.17) is 31.1 Å². The highest BCUT2D eigenvalue weighted by Crippen LogP contribution is 2.36. The first-order valence-corrected chi connectivity index (χ1v) is 15.5. The Balaban J connectivity index is 1.65. The van der Waals surface area contributed by atoms with Gasteiger partial charge < -0.3 is 14.2 Å². The molecule has 1 aliphatic heterocycles. The van der Waals surface area contributed by atoms with Crippen molar-refractivity contribution in [3.63, 3.8) is 0 Å². The number of benzene rings is 3. The molecular weight excluding hydrogens is 701 g/mol. The zero-order valence-corrected chi connectivity index (χ0v) is 27.1. The van der Waals surface area contributed by atoms with Gasteiger partial charge in [-0.3, -0.25) is 9.36 Å². The summed E-state index contributed by atoms with van der Waals surface area (Å²) in [5.74, 6) is 0.418. The fourth-order valence-corrected chi connectivity index (χ4v) is 6.65. The second kappa shape index (κ2) is 13.2. The number of esters is 1. The minimum Gasteiger partial charge on any atom is -0.493 e. The zero-order chi connectivity index (χ0) is 30.7. The summed E-state index contributed by atoms with van der Waals surface area (Å²) in [6.07, 6.45) is 1.75. The molecule has 5 rings (SSSR count). The highest BCUT2D eigenvalue weighted by Gasteiger charge is 2.34. The van der Waals surface area contributed by atoms with E-state index in [1.165, 1.54) is 15.9 Å². The van der Waals surface area contributed by atoms with Crippen LogP contribution in [0.1, 0.15) is 42.1 Å². The van der Waals surface area contributed by atoms with Gasteiger partial charge in [0, 0.05) is 14.2 Å². The van der Waals surface area contributed by atoms with Crippen molar-refractivity contribution in [2.24, 2.45) is 4.99 Å². The Kier molecular flexibility index (Phi) is 9.34. The lowest BCUT2D eigenvalue weighted by Crippen LogP contribution is -2.40. The van der Waals surface area contributed by atoms with Crippen LogP contribution >= 0.6 is 45.5 Å². The van der Waals surface area contributed by atoms with Gasteiger partial charge in [-0.05, 0) is 84.0 Å². The number of fused-ring (bicyclic) bond motifs is 1. The Morgan fingerprint density at radius 3 is 2.63 bits per heavy atom. The fourth-order valence-electron chi connectivity index (χ4n) is 4.76. The van der Waals surface area contributed by atoms with Crippen LogP contribution < -0.4 is 24.4 Å². The van der Waals surface area contributed by atoms with Gasteiger partial charge in [0.15, 0.2) is 16.3 Å². The number of rotatable bonds is 8. The Morgan fingerprint density at radius 1 is 1.21 bits per heavy atom. The van der Waals surface area contributed by atoms with Crippen LogP contribution in [0, 0.1) is 14.9 Å². The average Bonchev–Trinajstić information content (AvgIpc) is 3.30. The maximum atomic E-state index is 14.1. The molecule has 1 atom stereocenters. The summed E-state index contributed by atoms with van der Waals surface area (Å²) < 4.78 is 20.0. The molecule has 0 saturated carbocycles. The first-order chi connectivity index (χ1) is 20.7. The first kappa shape index (κ1) is 30.5. The molecule has 11 heteroatoms. The molecule has 0 unspecified atom stereocenters. The maximum absolute atomic E-state index is 14.1. The van der Waals surface area contributed by atoms with E-state index < -0.39 is 12.0 Å². The van der Waals surface area contributed by atoms with Crippen molar-refractivity contribution in [3.8, 4) is 17.6 Å². The third-order valence-corrected chi connectivity index (χ3v) is 8.69. The van der Waals surface area contributed by atoms with Crippen LogP contribution in [0.4, 0.5) is 0 Å². The molecule has 1 aromatic heterocycles. The second-order valence-electron chi connectivity index (χ2n) is 9.45. The summed E-state index contributed by atoms with van der Waals surface area (Å²) in [4.78, 5) is 32.3. The number of halogens is 2. The quantitative estimate of drug-likeness (QED) is 0.175. The zero-order valence-electron chi connectivity index (χ0n) is 23.4. The van der Waals surface area contributed by atoms with E-state index in [0.29, 0.717) is 48.2 Å². The fraction of sp³-hybridized carbons (Fsp3) is 0.188. The third kappa shape index (κ3) is 6.25. The lowest BCUT2D eigenvalue weighted by atomic mass is 9.96.